The molecule has 0 aliphatic heterocycles. The molecule has 0 unspecified atom stereocenters. The highest BCUT2D eigenvalue weighted by atomic mass is 32.2. The molecule has 5 rings (SSSR count). The Kier molecular flexibility index (Phi) is 7.89. The van der Waals surface area contributed by atoms with Crippen molar-refractivity contribution in [3.63, 3.8) is 0 Å². The van der Waals surface area contributed by atoms with E-state index >= 15 is 0 Å². The predicted octanol–water partition coefficient (Wildman–Crippen LogP) is 0.647. The van der Waals surface area contributed by atoms with Crippen molar-refractivity contribution in [1.82, 2.24) is 4.90 Å². The fourth-order valence-electron chi connectivity index (χ4n) is 5.92. The third-order valence-corrected chi connectivity index (χ3v) is 8.79. The van der Waals surface area contributed by atoms with Gasteiger partial charge in [0, 0.05) is 5.92 Å². The average molecular weight is 615 g/mol. The lowest BCUT2D eigenvalue weighted by atomic mass is 9.55. The van der Waals surface area contributed by atoms with Gasteiger partial charge in [-0.05, 0) is 50.4 Å². The van der Waals surface area contributed by atoms with Gasteiger partial charge in [-0.3, -0.25) is 23.8 Å². The number of phenols is 1. The summed E-state index contributed by atoms with van der Waals surface area (Å²) in [5, 5.41) is 54.7. The van der Waals surface area contributed by atoms with Crippen LogP contribution in [0.1, 0.15) is 16.7 Å². The van der Waals surface area contributed by atoms with Crippen LogP contribution in [-0.4, -0.2) is 92.7 Å². The van der Waals surface area contributed by atoms with Crippen molar-refractivity contribution in [2.75, 3.05) is 14.1 Å². The number of hydrogen-bond acceptors (Lipinski definition) is 11. The number of fused-ring (bicyclic) bond motifs is 3. The van der Waals surface area contributed by atoms with Gasteiger partial charge in [-0.15, -0.1) is 0 Å². The van der Waals surface area contributed by atoms with E-state index in [4.69, 9.17) is 10.3 Å². The lowest BCUT2D eigenvalue weighted by molar-refractivity contribution is -0.166. The maximum atomic E-state index is 13.6. The van der Waals surface area contributed by atoms with Gasteiger partial charge >= 0.3 is 0 Å². The van der Waals surface area contributed by atoms with Crippen molar-refractivity contribution in [3.05, 3.63) is 82.6 Å². The van der Waals surface area contributed by atoms with E-state index in [0.717, 1.165) is 5.56 Å². The monoisotopic (exact) mass is 614 g/mol. The molecule has 0 bridgehead atoms. The number of aliphatic hydroxyl groups excluding tert-OH is 3. The summed E-state index contributed by atoms with van der Waals surface area (Å²) in [6.07, 6.45) is -1.69. The molecule has 0 radical (unpaired) electrons. The number of hydrogen-bond donors (Lipinski definition) is 7. The number of rotatable bonds is 3. The first-order chi connectivity index (χ1) is 19.9. The van der Waals surface area contributed by atoms with Gasteiger partial charge in [-0.1, -0.05) is 36.4 Å². The van der Waals surface area contributed by atoms with E-state index in [0.29, 0.717) is 0 Å². The largest absolute Gasteiger partial charge is 0.508 e. The molecule has 2 aromatic carbocycles. The van der Waals surface area contributed by atoms with Crippen LogP contribution in [0.15, 0.2) is 70.8 Å². The third-order valence-electron chi connectivity index (χ3n) is 7.92. The lowest BCUT2D eigenvalue weighted by Crippen LogP contribution is -2.70. The molecule has 14 heteroatoms. The normalized spacial score (nSPS) is 26.8. The number of likely N-dealkylation sites (N-methyl/N-ethyl adjacent to an activating group) is 1. The van der Waals surface area contributed by atoms with E-state index < -0.39 is 79.8 Å². The number of aromatic hydroxyl groups is 1. The molecule has 8 N–H and O–H groups in total. The number of carbonyl (C=O) groups is 3. The molecule has 3 aliphatic rings. The standard InChI is InChI=1S/C22H22N2O8.C7H8O3S/c1-7-8-5-4-6-9(25)11(8)16(26)12-10(7)17(27)14-15(24(2)3)18(28)13(21(23)31)20(30)22(14,32)19(12)29;1-6-2-4-7(5-3-6)11(8,9)10/h4-6,10,14-15,17,25-27,30,32H,1H2,2-3H3,(H2,23,31);2-5H,1H3,(H,8,9,10)/t10-,14-,15+,17+,22+;/m1./s1. The number of nitrogens with zero attached hydrogens (tertiary/aromatic N) is 1. The second kappa shape index (κ2) is 10.7. The zero-order chi connectivity index (χ0) is 32.3. The van der Waals surface area contributed by atoms with Crippen LogP contribution in [0.4, 0.5) is 0 Å². The van der Waals surface area contributed by atoms with Crippen molar-refractivity contribution in [2.24, 2.45) is 17.6 Å². The molecule has 3 aliphatic carbocycles. The van der Waals surface area contributed by atoms with Crippen molar-refractivity contribution in [3.8, 4) is 5.75 Å². The van der Waals surface area contributed by atoms with Gasteiger partial charge in [0.15, 0.2) is 11.4 Å². The van der Waals surface area contributed by atoms with Crippen LogP contribution < -0.4 is 5.73 Å². The Bertz CT molecular complexity index is 1740. The highest BCUT2D eigenvalue weighted by Crippen LogP contribution is 2.55. The summed E-state index contributed by atoms with van der Waals surface area (Å²) in [5.74, 6) is -8.78. The van der Waals surface area contributed by atoms with Crippen molar-refractivity contribution < 1.29 is 52.9 Å². The Hall–Kier alpha value is -4.34. The smallest absolute Gasteiger partial charge is 0.294 e. The van der Waals surface area contributed by atoms with Crippen LogP contribution in [0.2, 0.25) is 0 Å². The molecular formula is C29H30N2O11S. The second-order valence-corrected chi connectivity index (χ2v) is 12.1. The third kappa shape index (κ3) is 4.82. The quantitative estimate of drug-likeness (QED) is 0.186. The number of amides is 1. The molecule has 13 nitrogen and oxygen atoms in total. The topological polar surface area (TPSA) is 236 Å². The van der Waals surface area contributed by atoms with Gasteiger partial charge in [0.2, 0.25) is 5.78 Å². The number of aryl methyl sites for hydroxylation is 1. The van der Waals surface area contributed by atoms with Crippen molar-refractivity contribution in [1.29, 1.82) is 0 Å². The molecule has 2 aromatic rings. The van der Waals surface area contributed by atoms with Gasteiger partial charge in [-0.25, -0.2) is 0 Å². The zero-order valence-electron chi connectivity index (χ0n) is 23.2. The van der Waals surface area contributed by atoms with Gasteiger partial charge in [0.25, 0.3) is 16.0 Å². The number of benzene rings is 2. The molecule has 0 heterocycles. The summed E-state index contributed by atoms with van der Waals surface area (Å²) in [5.41, 5.74) is 2.12. The molecule has 1 amide bonds. The number of carbonyl (C=O) groups excluding carboxylic acids is 3. The number of aliphatic hydroxyl groups is 4. The molecule has 43 heavy (non-hydrogen) atoms. The molecule has 0 spiro atoms. The molecule has 5 atom stereocenters. The predicted molar refractivity (Wildman–Crippen MR) is 152 cm³/mol. The Morgan fingerprint density at radius 1 is 1.05 bits per heavy atom. The van der Waals surface area contributed by atoms with E-state index in [9.17, 15) is 48.3 Å². The van der Waals surface area contributed by atoms with Crippen LogP contribution in [0, 0.1) is 18.8 Å². The first kappa shape index (κ1) is 31.6. The van der Waals surface area contributed by atoms with Gasteiger partial charge in [0.1, 0.15) is 22.8 Å². The van der Waals surface area contributed by atoms with Crippen molar-refractivity contribution in [2.45, 2.75) is 29.6 Å². The van der Waals surface area contributed by atoms with Gasteiger partial charge in [0.05, 0.1) is 34.1 Å². The van der Waals surface area contributed by atoms with Crippen LogP contribution in [-0.2, 0) is 24.5 Å². The first-order valence-corrected chi connectivity index (χ1v) is 14.2. The number of ketones is 2. The fourth-order valence-corrected chi connectivity index (χ4v) is 6.40. The zero-order valence-corrected chi connectivity index (χ0v) is 24.0. The summed E-state index contributed by atoms with van der Waals surface area (Å²) in [6.45, 7) is 5.76. The first-order valence-electron chi connectivity index (χ1n) is 12.7. The minimum atomic E-state index is -4.02. The van der Waals surface area contributed by atoms with E-state index in [-0.39, 0.29) is 27.3 Å². The van der Waals surface area contributed by atoms with E-state index in [1.807, 2.05) is 6.92 Å². The highest BCUT2D eigenvalue weighted by Gasteiger charge is 2.68. The molecule has 0 saturated heterocycles. The lowest BCUT2D eigenvalue weighted by Gasteiger charge is -2.52. The maximum absolute atomic E-state index is 13.6. The summed E-state index contributed by atoms with van der Waals surface area (Å²) in [7, 11) is -1.14. The van der Waals surface area contributed by atoms with Crippen LogP contribution in [0.3, 0.4) is 0 Å². The minimum Gasteiger partial charge on any atom is -0.508 e. The van der Waals surface area contributed by atoms with Gasteiger partial charge in [-0.2, -0.15) is 8.42 Å². The summed E-state index contributed by atoms with van der Waals surface area (Å²) in [4.78, 5) is 39.8. The van der Waals surface area contributed by atoms with Crippen molar-refractivity contribution >= 4 is 38.9 Å². The Labute approximate surface area is 246 Å². The number of phenolic OH excluding ortho intramolecular Hbond substituents is 1. The average Bonchev–Trinajstić information content (AvgIpc) is 2.90. The maximum Gasteiger partial charge on any atom is 0.294 e. The Balaban J connectivity index is 0.000000324. The van der Waals surface area contributed by atoms with E-state index in [2.05, 4.69) is 6.58 Å². The SMILES string of the molecule is C=C1c2cccc(O)c2C(O)=C2C(=O)[C@]3(O)C(O)=C(C(N)=O)C(=O)[C@@H](N(C)C)[C@@H]3[C@@H](O)[C@H]12.Cc1ccc(S(=O)(=O)O)cc1. The summed E-state index contributed by atoms with van der Waals surface area (Å²) < 4.78 is 29.6. The number of primary amides is 1. The molecule has 1 fully saturated rings. The number of Topliss-reactive ketones (excluding diaryl/α,β-unsaturated/α-hetero) is 2. The number of nitrogens with two attached hydrogens (primary N) is 1. The van der Waals surface area contributed by atoms with Gasteiger partial charge < -0.3 is 31.3 Å². The second-order valence-electron chi connectivity index (χ2n) is 10.7. The summed E-state index contributed by atoms with van der Waals surface area (Å²) in [6, 6.07) is 8.88. The van der Waals surface area contributed by atoms with Crippen LogP contribution >= 0.6 is 0 Å². The Morgan fingerprint density at radius 3 is 2.14 bits per heavy atom. The molecule has 0 aromatic heterocycles. The summed E-state index contributed by atoms with van der Waals surface area (Å²) >= 11 is 0. The van der Waals surface area contributed by atoms with E-state index in [1.165, 1.54) is 49.3 Å². The fraction of sp³-hybridized carbons (Fsp3) is 0.276. The molecular weight excluding hydrogens is 584 g/mol. The highest BCUT2D eigenvalue weighted by molar-refractivity contribution is 7.85. The Morgan fingerprint density at radius 2 is 1.63 bits per heavy atom. The van der Waals surface area contributed by atoms with E-state index in [1.54, 1.807) is 12.1 Å². The molecule has 1 saturated carbocycles. The van der Waals surface area contributed by atoms with Crippen LogP contribution in [0.25, 0.3) is 11.3 Å². The minimum absolute atomic E-state index is 0.0666. The molecule has 228 valence electrons. The van der Waals surface area contributed by atoms with Crippen LogP contribution in [0.5, 0.6) is 5.75 Å².